The first-order valence-corrected chi connectivity index (χ1v) is 7.53. The predicted octanol–water partition coefficient (Wildman–Crippen LogP) is 3.04. The summed E-state index contributed by atoms with van der Waals surface area (Å²) in [6, 6.07) is 11.4. The first-order valence-electron chi connectivity index (χ1n) is 7.53. The molecule has 6 heteroatoms. The number of hydrogen-bond acceptors (Lipinski definition) is 5. The Morgan fingerprint density at radius 2 is 1.75 bits per heavy atom. The average Bonchev–Trinajstić information content (AvgIpc) is 2.63. The Labute approximate surface area is 140 Å². The summed E-state index contributed by atoms with van der Waals surface area (Å²) in [5, 5.41) is 5.94. The standard InChI is InChI=1S/C18H17N5O/c1-13-2-4-15(5-3-13)23-18(24)16-11-22-17(12-20-16)21-10-14-6-8-19-9-7-14/h2-9,11-12H,10H2,1H3,(H,21,22)(H,23,24). The molecule has 0 spiro atoms. The van der Waals surface area contributed by atoms with E-state index in [1.54, 1.807) is 18.6 Å². The van der Waals surface area contributed by atoms with Crippen LogP contribution in [0.1, 0.15) is 21.6 Å². The summed E-state index contributed by atoms with van der Waals surface area (Å²) in [6.07, 6.45) is 6.48. The van der Waals surface area contributed by atoms with E-state index in [1.165, 1.54) is 6.20 Å². The Kier molecular flexibility index (Phi) is 4.76. The molecule has 0 atom stereocenters. The van der Waals surface area contributed by atoms with Crippen molar-refractivity contribution in [2.45, 2.75) is 13.5 Å². The Balaban J connectivity index is 1.59. The second-order valence-corrected chi connectivity index (χ2v) is 5.32. The van der Waals surface area contributed by atoms with E-state index in [2.05, 4.69) is 25.6 Å². The number of benzene rings is 1. The second kappa shape index (κ2) is 7.32. The van der Waals surface area contributed by atoms with Crippen molar-refractivity contribution >= 4 is 17.4 Å². The van der Waals surface area contributed by atoms with E-state index in [9.17, 15) is 4.79 Å². The third-order valence-corrected chi connectivity index (χ3v) is 3.42. The number of pyridine rings is 1. The maximum absolute atomic E-state index is 12.1. The van der Waals surface area contributed by atoms with Crippen LogP contribution in [0.3, 0.4) is 0 Å². The number of nitrogens with one attached hydrogen (secondary N) is 2. The van der Waals surface area contributed by atoms with Gasteiger partial charge in [0.05, 0.1) is 12.4 Å². The smallest absolute Gasteiger partial charge is 0.275 e. The van der Waals surface area contributed by atoms with E-state index < -0.39 is 0 Å². The number of hydrogen-bond donors (Lipinski definition) is 2. The van der Waals surface area contributed by atoms with Gasteiger partial charge in [-0.1, -0.05) is 17.7 Å². The van der Waals surface area contributed by atoms with Gasteiger partial charge < -0.3 is 10.6 Å². The van der Waals surface area contributed by atoms with E-state index >= 15 is 0 Å². The highest BCUT2D eigenvalue weighted by atomic mass is 16.1. The number of aryl methyl sites for hydroxylation is 1. The van der Waals surface area contributed by atoms with Gasteiger partial charge in [-0.15, -0.1) is 0 Å². The van der Waals surface area contributed by atoms with Crippen LogP contribution >= 0.6 is 0 Å². The molecule has 0 fully saturated rings. The van der Waals surface area contributed by atoms with Gasteiger partial charge in [0.2, 0.25) is 0 Å². The monoisotopic (exact) mass is 319 g/mol. The molecule has 2 N–H and O–H groups in total. The molecule has 0 aliphatic heterocycles. The molecule has 120 valence electrons. The normalized spacial score (nSPS) is 10.2. The molecule has 0 saturated carbocycles. The molecule has 1 amide bonds. The zero-order chi connectivity index (χ0) is 16.8. The van der Waals surface area contributed by atoms with Crippen molar-refractivity contribution < 1.29 is 4.79 Å². The van der Waals surface area contributed by atoms with E-state index in [-0.39, 0.29) is 11.6 Å². The van der Waals surface area contributed by atoms with Gasteiger partial charge in [-0.3, -0.25) is 9.78 Å². The molecule has 2 aromatic heterocycles. The fourth-order valence-corrected chi connectivity index (χ4v) is 2.06. The molecule has 0 unspecified atom stereocenters. The summed E-state index contributed by atoms with van der Waals surface area (Å²) >= 11 is 0. The molecule has 0 bridgehead atoms. The lowest BCUT2D eigenvalue weighted by atomic mass is 10.2. The van der Waals surface area contributed by atoms with Gasteiger partial charge in [0, 0.05) is 24.6 Å². The number of carbonyl (C=O) groups excluding carboxylic acids is 1. The molecular formula is C18H17N5O. The van der Waals surface area contributed by atoms with Gasteiger partial charge in [0.15, 0.2) is 0 Å². The minimum Gasteiger partial charge on any atom is -0.365 e. The van der Waals surface area contributed by atoms with Crippen LogP contribution in [0.4, 0.5) is 11.5 Å². The highest BCUT2D eigenvalue weighted by molar-refractivity contribution is 6.02. The van der Waals surface area contributed by atoms with Crippen molar-refractivity contribution in [2.75, 3.05) is 10.6 Å². The molecule has 1 aromatic carbocycles. The van der Waals surface area contributed by atoms with Crippen LogP contribution in [-0.2, 0) is 6.54 Å². The zero-order valence-corrected chi connectivity index (χ0v) is 13.2. The summed E-state index contributed by atoms with van der Waals surface area (Å²) in [5.41, 5.74) is 3.22. The van der Waals surface area contributed by atoms with Gasteiger partial charge >= 0.3 is 0 Å². The van der Waals surface area contributed by atoms with Gasteiger partial charge in [-0.2, -0.15) is 0 Å². The summed E-state index contributed by atoms with van der Waals surface area (Å²) in [4.78, 5) is 24.5. The number of anilines is 2. The van der Waals surface area contributed by atoms with Crippen molar-refractivity contribution in [1.29, 1.82) is 0 Å². The lowest BCUT2D eigenvalue weighted by Gasteiger charge is -2.07. The summed E-state index contributed by atoms with van der Waals surface area (Å²) in [5.74, 6) is 0.325. The fourth-order valence-electron chi connectivity index (χ4n) is 2.06. The van der Waals surface area contributed by atoms with Crippen molar-refractivity contribution in [1.82, 2.24) is 15.0 Å². The number of nitrogens with zero attached hydrogens (tertiary/aromatic N) is 3. The van der Waals surface area contributed by atoms with Crippen LogP contribution in [0.2, 0.25) is 0 Å². The maximum atomic E-state index is 12.1. The van der Waals surface area contributed by atoms with Crippen molar-refractivity contribution in [3.05, 3.63) is 78.0 Å². The van der Waals surface area contributed by atoms with Crippen molar-refractivity contribution in [3.8, 4) is 0 Å². The van der Waals surface area contributed by atoms with Crippen molar-refractivity contribution in [2.24, 2.45) is 0 Å². The first kappa shape index (κ1) is 15.6. The van der Waals surface area contributed by atoms with Gasteiger partial charge in [0.25, 0.3) is 5.91 Å². The van der Waals surface area contributed by atoms with Crippen molar-refractivity contribution in [3.63, 3.8) is 0 Å². The molecule has 3 aromatic rings. The predicted molar refractivity (Wildman–Crippen MR) is 92.7 cm³/mol. The first-order chi connectivity index (χ1) is 11.7. The molecule has 0 aliphatic rings. The fraction of sp³-hybridized carbons (Fsp3) is 0.111. The van der Waals surface area contributed by atoms with Crippen LogP contribution in [-0.4, -0.2) is 20.9 Å². The Morgan fingerprint density at radius 3 is 2.42 bits per heavy atom. The summed E-state index contributed by atoms with van der Waals surface area (Å²) < 4.78 is 0. The van der Waals surface area contributed by atoms with Crippen LogP contribution in [0, 0.1) is 6.92 Å². The minimum atomic E-state index is -0.285. The quantitative estimate of drug-likeness (QED) is 0.755. The molecular weight excluding hydrogens is 302 g/mol. The van der Waals surface area contributed by atoms with Crippen LogP contribution in [0.25, 0.3) is 0 Å². The zero-order valence-electron chi connectivity index (χ0n) is 13.2. The average molecular weight is 319 g/mol. The van der Waals surface area contributed by atoms with Crippen LogP contribution in [0.15, 0.2) is 61.2 Å². The molecule has 2 heterocycles. The highest BCUT2D eigenvalue weighted by Crippen LogP contribution is 2.10. The molecule has 3 rings (SSSR count). The number of rotatable bonds is 5. The summed E-state index contributed by atoms with van der Waals surface area (Å²) in [6.45, 7) is 2.61. The van der Waals surface area contributed by atoms with E-state index in [4.69, 9.17) is 0 Å². The van der Waals surface area contributed by atoms with Gasteiger partial charge in [0.1, 0.15) is 11.5 Å². The largest absolute Gasteiger partial charge is 0.365 e. The third kappa shape index (κ3) is 4.13. The Hall–Kier alpha value is -3.28. The van der Waals surface area contributed by atoms with E-state index in [1.807, 2.05) is 43.3 Å². The highest BCUT2D eigenvalue weighted by Gasteiger charge is 2.08. The van der Waals surface area contributed by atoms with Gasteiger partial charge in [-0.25, -0.2) is 9.97 Å². The third-order valence-electron chi connectivity index (χ3n) is 3.42. The second-order valence-electron chi connectivity index (χ2n) is 5.32. The molecule has 0 saturated heterocycles. The number of aromatic nitrogens is 3. The Bertz CT molecular complexity index is 801. The number of carbonyl (C=O) groups is 1. The van der Waals surface area contributed by atoms with Crippen LogP contribution < -0.4 is 10.6 Å². The van der Waals surface area contributed by atoms with Crippen LogP contribution in [0.5, 0.6) is 0 Å². The molecule has 0 aliphatic carbocycles. The molecule has 6 nitrogen and oxygen atoms in total. The molecule has 0 radical (unpaired) electrons. The topological polar surface area (TPSA) is 79.8 Å². The van der Waals surface area contributed by atoms with E-state index in [0.29, 0.717) is 12.4 Å². The SMILES string of the molecule is Cc1ccc(NC(=O)c2cnc(NCc3ccncc3)cn2)cc1. The minimum absolute atomic E-state index is 0.269. The Morgan fingerprint density at radius 1 is 1.00 bits per heavy atom. The molecule has 24 heavy (non-hydrogen) atoms. The van der Waals surface area contributed by atoms with Gasteiger partial charge in [-0.05, 0) is 36.8 Å². The number of amides is 1. The lowest BCUT2D eigenvalue weighted by molar-refractivity contribution is 0.102. The lowest BCUT2D eigenvalue weighted by Crippen LogP contribution is -2.14. The maximum Gasteiger partial charge on any atom is 0.275 e. The summed E-state index contributed by atoms with van der Waals surface area (Å²) in [7, 11) is 0. The van der Waals surface area contributed by atoms with E-state index in [0.717, 1.165) is 16.8 Å².